The molecule has 1 N–H and O–H groups in total. The minimum atomic E-state index is 0. The van der Waals surface area contributed by atoms with Gasteiger partial charge in [-0.2, -0.15) is 0 Å². The van der Waals surface area contributed by atoms with Gasteiger partial charge in [-0.1, -0.05) is 47.5 Å². The predicted octanol–water partition coefficient (Wildman–Crippen LogP) is 5.88. The summed E-state index contributed by atoms with van der Waals surface area (Å²) in [5, 5.41) is 4.57. The van der Waals surface area contributed by atoms with Gasteiger partial charge in [-0.3, -0.25) is 0 Å². The van der Waals surface area contributed by atoms with Gasteiger partial charge in [0.1, 0.15) is 18.1 Å². The van der Waals surface area contributed by atoms with E-state index in [0.29, 0.717) is 29.7 Å². The maximum absolute atomic E-state index is 6.19. The van der Waals surface area contributed by atoms with Crippen molar-refractivity contribution in [3.8, 4) is 5.75 Å². The van der Waals surface area contributed by atoms with Crippen LogP contribution in [0.15, 0.2) is 65.3 Å². The fraction of sp³-hybridized carbons (Fsp3) is 0.158. The van der Waals surface area contributed by atoms with Crippen molar-refractivity contribution in [2.24, 2.45) is 0 Å². The van der Waals surface area contributed by atoms with Crippen molar-refractivity contribution in [2.45, 2.75) is 19.7 Å². The maximum Gasteiger partial charge on any atom is 0.124 e. The summed E-state index contributed by atoms with van der Waals surface area (Å²) >= 11 is 12.1. The second-order valence-electron chi connectivity index (χ2n) is 5.32. The van der Waals surface area contributed by atoms with Crippen LogP contribution < -0.4 is 10.1 Å². The Bertz CT molecular complexity index is 791. The Kier molecular flexibility index (Phi) is 7.66. The molecule has 25 heavy (non-hydrogen) atoms. The molecule has 6 heteroatoms. The lowest BCUT2D eigenvalue weighted by molar-refractivity contribution is 0.302. The Balaban J connectivity index is 0.00000225. The molecule has 0 saturated carbocycles. The van der Waals surface area contributed by atoms with Crippen LogP contribution in [0.3, 0.4) is 0 Å². The first-order valence-corrected chi connectivity index (χ1v) is 8.36. The van der Waals surface area contributed by atoms with E-state index in [1.165, 1.54) is 0 Å². The number of hydrogen-bond acceptors (Lipinski definition) is 3. The van der Waals surface area contributed by atoms with Crippen LogP contribution in [0, 0.1) is 0 Å². The van der Waals surface area contributed by atoms with Crippen molar-refractivity contribution >= 4 is 35.6 Å². The van der Waals surface area contributed by atoms with Gasteiger partial charge >= 0.3 is 0 Å². The summed E-state index contributed by atoms with van der Waals surface area (Å²) in [5.74, 6) is 1.73. The standard InChI is InChI=1S/C19H17Cl2NO2.ClH/c20-16-8-7-15(18(21)10-16)13-24-19-6-2-1-4-14(19)11-22-12-17-5-3-9-23-17;/h1-10,22H,11-13H2;1H. The molecule has 0 aliphatic carbocycles. The van der Waals surface area contributed by atoms with E-state index in [-0.39, 0.29) is 12.4 Å². The van der Waals surface area contributed by atoms with Crippen molar-refractivity contribution in [3.63, 3.8) is 0 Å². The third-order valence-corrected chi connectivity index (χ3v) is 4.15. The number of halogens is 3. The first-order chi connectivity index (χ1) is 11.7. The van der Waals surface area contributed by atoms with Crippen LogP contribution in [-0.4, -0.2) is 0 Å². The molecule has 3 nitrogen and oxygen atoms in total. The van der Waals surface area contributed by atoms with E-state index in [1.807, 2.05) is 48.5 Å². The van der Waals surface area contributed by atoms with Crippen molar-refractivity contribution < 1.29 is 9.15 Å². The number of rotatable bonds is 7. The van der Waals surface area contributed by atoms with Crippen LogP contribution in [0.2, 0.25) is 10.0 Å². The summed E-state index contributed by atoms with van der Waals surface area (Å²) in [6, 6.07) is 17.2. The largest absolute Gasteiger partial charge is 0.489 e. The molecule has 1 aromatic heterocycles. The third-order valence-electron chi connectivity index (χ3n) is 3.57. The van der Waals surface area contributed by atoms with Gasteiger partial charge in [-0.05, 0) is 30.3 Å². The molecule has 0 fully saturated rings. The Morgan fingerprint density at radius 1 is 0.920 bits per heavy atom. The van der Waals surface area contributed by atoms with Gasteiger partial charge in [0.2, 0.25) is 0 Å². The Morgan fingerprint density at radius 2 is 1.76 bits per heavy atom. The van der Waals surface area contributed by atoms with Crippen LogP contribution in [0.1, 0.15) is 16.9 Å². The molecular weight excluding hydrogens is 381 g/mol. The molecule has 0 unspecified atom stereocenters. The molecular formula is C19H18Cl3NO2. The van der Waals surface area contributed by atoms with Crippen LogP contribution in [0.5, 0.6) is 5.75 Å². The quantitative estimate of drug-likeness (QED) is 0.540. The molecule has 0 aliphatic heterocycles. The molecule has 0 saturated heterocycles. The van der Waals surface area contributed by atoms with E-state index >= 15 is 0 Å². The lowest BCUT2D eigenvalue weighted by atomic mass is 10.2. The zero-order chi connectivity index (χ0) is 16.8. The van der Waals surface area contributed by atoms with Gasteiger partial charge in [0.15, 0.2) is 0 Å². The first kappa shape index (κ1) is 19.7. The minimum Gasteiger partial charge on any atom is -0.489 e. The highest BCUT2D eigenvalue weighted by Gasteiger charge is 2.06. The van der Waals surface area contributed by atoms with Crippen molar-refractivity contribution in [2.75, 3.05) is 0 Å². The summed E-state index contributed by atoms with van der Waals surface area (Å²) < 4.78 is 11.3. The number of benzene rings is 2. The molecule has 0 spiro atoms. The van der Waals surface area contributed by atoms with E-state index in [4.69, 9.17) is 32.4 Å². The number of para-hydroxylation sites is 1. The zero-order valence-electron chi connectivity index (χ0n) is 13.4. The van der Waals surface area contributed by atoms with Crippen LogP contribution in [0.4, 0.5) is 0 Å². The van der Waals surface area contributed by atoms with E-state index in [9.17, 15) is 0 Å². The Labute approximate surface area is 163 Å². The van der Waals surface area contributed by atoms with E-state index in [2.05, 4.69) is 5.32 Å². The van der Waals surface area contributed by atoms with Crippen LogP contribution >= 0.6 is 35.6 Å². The number of nitrogens with one attached hydrogen (secondary N) is 1. The average molecular weight is 399 g/mol. The molecule has 0 amide bonds. The normalized spacial score (nSPS) is 10.3. The van der Waals surface area contributed by atoms with E-state index in [1.54, 1.807) is 12.3 Å². The SMILES string of the molecule is Cl.Clc1ccc(COc2ccccc2CNCc2ccco2)c(Cl)c1. The number of ether oxygens (including phenoxy) is 1. The van der Waals surface area contributed by atoms with Crippen molar-refractivity contribution in [3.05, 3.63) is 87.8 Å². The van der Waals surface area contributed by atoms with Crippen molar-refractivity contribution in [1.29, 1.82) is 0 Å². The topological polar surface area (TPSA) is 34.4 Å². The highest BCUT2D eigenvalue weighted by molar-refractivity contribution is 6.35. The fourth-order valence-corrected chi connectivity index (χ4v) is 2.78. The molecule has 3 aromatic rings. The molecule has 0 bridgehead atoms. The third kappa shape index (κ3) is 5.68. The molecule has 2 aromatic carbocycles. The molecule has 0 radical (unpaired) electrons. The highest BCUT2D eigenvalue weighted by Crippen LogP contribution is 2.24. The summed E-state index contributed by atoms with van der Waals surface area (Å²) in [7, 11) is 0. The van der Waals surface area contributed by atoms with Gasteiger partial charge in [0.25, 0.3) is 0 Å². The van der Waals surface area contributed by atoms with E-state index < -0.39 is 0 Å². The van der Waals surface area contributed by atoms with Crippen LogP contribution in [0.25, 0.3) is 0 Å². The summed E-state index contributed by atoms with van der Waals surface area (Å²) in [4.78, 5) is 0. The first-order valence-electron chi connectivity index (χ1n) is 7.60. The van der Waals surface area contributed by atoms with E-state index in [0.717, 1.165) is 22.6 Å². The zero-order valence-corrected chi connectivity index (χ0v) is 15.7. The van der Waals surface area contributed by atoms with Gasteiger partial charge in [0.05, 0.1) is 12.8 Å². The minimum absolute atomic E-state index is 0. The molecule has 1 heterocycles. The molecule has 3 rings (SSSR count). The number of hydrogen-bond donors (Lipinski definition) is 1. The van der Waals surface area contributed by atoms with Gasteiger partial charge in [-0.25, -0.2) is 0 Å². The second-order valence-corrected chi connectivity index (χ2v) is 6.16. The molecule has 0 aliphatic rings. The van der Waals surface area contributed by atoms with Gasteiger partial charge in [-0.15, -0.1) is 12.4 Å². The average Bonchev–Trinajstić information content (AvgIpc) is 3.08. The van der Waals surface area contributed by atoms with Gasteiger partial charge < -0.3 is 14.5 Å². The lowest BCUT2D eigenvalue weighted by Gasteiger charge is -2.13. The lowest BCUT2D eigenvalue weighted by Crippen LogP contribution is -2.13. The summed E-state index contributed by atoms with van der Waals surface area (Å²) in [5.41, 5.74) is 1.98. The van der Waals surface area contributed by atoms with Gasteiger partial charge in [0, 0.05) is 27.7 Å². The molecule has 132 valence electrons. The predicted molar refractivity (Wildman–Crippen MR) is 104 cm³/mol. The smallest absolute Gasteiger partial charge is 0.124 e. The highest BCUT2D eigenvalue weighted by atomic mass is 35.5. The number of furan rings is 1. The molecule has 0 atom stereocenters. The summed E-state index contributed by atoms with van der Waals surface area (Å²) in [6.07, 6.45) is 1.67. The van der Waals surface area contributed by atoms with Crippen molar-refractivity contribution in [1.82, 2.24) is 5.32 Å². The maximum atomic E-state index is 6.19. The van der Waals surface area contributed by atoms with Crippen LogP contribution in [-0.2, 0) is 19.7 Å². The Morgan fingerprint density at radius 3 is 2.52 bits per heavy atom. The summed E-state index contributed by atoms with van der Waals surface area (Å²) in [6.45, 7) is 1.75. The fourth-order valence-electron chi connectivity index (χ4n) is 2.32. The monoisotopic (exact) mass is 397 g/mol. The Hall–Kier alpha value is -1.65. The second kappa shape index (κ2) is 9.73.